The third-order valence-corrected chi connectivity index (χ3v) is 6.31. The predicted molar refractivity (Wildman–Crippen MR) is 102 cm³/mol. The predicted octanol–water partition coefficient (Wildman–Crippen LogP) is 1.73. The number of nitrogens with one attached hydrogen (secondary N) is 1. The average Bonchev–Trinajstić information content (AvgIpc) is 2.95. The molecule has 3 aliphatic carbocycles. The second-order valence-corrected chi connectivity index (χ2v) is 7.86. The van der Waals surface area contributed by atoms with Crippen molar-refractivity contribution in [2.45, 2.75) is 37.7 Å². The standard InChI is InChI=1S/C20H19N3O3S/c1-2-22-19(26)15(24)6-4-10-3-5-13-11-8-12(9-11)17-16(14(13)7-10)23-20(27-17)18(21)25/h3,5,7,11-12,15,24H,2,8-9H2,1H3,(H2,21,25)(H,22,26). The van der Waals surface area contributed by atoms with Gasteiger partial charge in [-0.3, -0.25) is 9.59 Å². The van der Waals surface area contributed by atoms with Gasteiger partial charge in [-0.05, 0) is 49.3 Å². The molecule has 0 spiro atoms. The zero-order valence-electron chi connectivity index (χ0n) is 14.8. The number of primary amides is 1. The molecule has 1 aromatic carbocycles. The van der Waals surface area contributed by atoms with E-state index in [9.17, 15) is 14.7 Å². The minimum absolute atomic E-state index is 0.333. The van der Waals surface area contributed by atoms with Crippen LogP contribution in [-0.4, -0.2) is 34.6 Å². The molecular weight excluding hydrogens is 362 g/mol. The third-order valence-electron chi connectivity index (χ3n) is 5.07. The van der Waals surface area contributed by atoms with Gasteiger partial charge in [-0.1, -0.05) is 17.9 Å². The number of thiazole rings is 1. The molecule has 1 atom stereocenters. The van der Waals surface area contributed by atoms with E-state index < -0.39 is 17.9 Å². The number of aromatic nitrogens is 1. The van der Waals surface area contributed by atoms with Gasteiger partial charge in [-0.15, -0.1) is 11.3 Å². The Bertz CT molecular complexity index is 996. The van der Waals surface area contributed by atoms with Crippen molar-refractivity contribution in [2.75, 3.05) is 6.54 Å². The number of nitrogens with zero attached hydrogens (tertiary/aromatic N) is 1. The second kappa shape index (κ2) is 6.80. The van der Waals surface area contributed by atoms with Gasteiger partial charge >= 0.3 is 0 Å². The summed E-state index contributed by atoms with van der Waals surface area (Å²) in [6.45, 7) is 2.22. The SMILES string of the molecule is CCNC(=O)C(O)C#Cc1ccc2c(c1)-c1nc(C(N)=O)sc1C1CC2C1. The van der Waals surface area contributed by atoms with Crippen LogP contribution in [0.25, 0.3) is 11.3 Å². The number of likely N-dealkylation sites (N-methyl/N-ethyl adjacent to an activating group) is 1. The zero-order valence-corrected chi connectivity index (χ0v) is 15.6. The molecule has 27 heavy (non-hydrogen) atoms. The van der Waals surface area contributed by atoms with Crippen molar-refractivity contribution >= 4 is 23.2 Å². The molecule has 1 aromatic heterocycles. The summed E-state index contributed by atoms with van der Waals surface area (Å²) in [6, 6.07) is 5.86. The summed E-state index contributed by atoms with van der Waals surface area (Å²) < 4.78 is 0. The highest BCUT2D eigenvalue weighted by Crippen LogP contribution is 2.56. The van der Waals surface area contributed by atoms with Crippen molar-refractivity contribution in [1.82, 2.24) is 10.3 Å². The number of hydrogen-bond donors (Lipinski definition) is 3. The van der Waals surface area contributed by atoms with Gasteiger partial charge in [0.15, 0.2) is 11.1 Å². The maximum Gasteiger partial charge on any atom is 0.277 e. The summed E-state index contributed by atoms with van der Waals surface area (Å²) >= 11 is 1.39. The monoisotopic (exact) mass is 381 g/mol. The molecule has 1 heterocycles. The molecule has 7 heteroatoms. The number of hydrogen-bond acceptors (Lipinski definition) is 5. The molecule has 2 amide bonds. The summed E-state index contributed by atoms with van der Waals surface area (Å²) in [6.07, 6.45) is 0.746. The van der Waals surface area contributed by atoms with Crippen molar-refractivity contribution in [2.24, 2.45) is 5.73 Å². The van der Waals surface area contributed by atoms with Crippen molar-refractivity contribution in [3.63, 3.8) is 0 Å². The first-order valence-corrected chi connectivity index (χ1v) is 9.71. The Hall–Kier alpha value is -2.69. The Morgan fingerprint density at radius 1 is 1.41 bits per heavy atom. The fraction of sp³-hybridized carbons (Fsp3) is 0.350. The molecular formula is C20H19N3O3S. The fourth-order valence-electron chi connectivity index (χ4n) is 3.68. The highest BCUT2D eigenvalue weighted by atomic mass is 32.1. The van der Waals surface area contributed by atoms with Gasteiger partial charge in [0, 0.05) is 22.5 Å². The Labute approximate surface area is 160 Å². The van der Waals surface area contributed by atoms with Crippen LogP contribution in [0.2, 0.25) is 0 Å². The Morgan fingerprint density at radius 3 is 2.89 bits per heavy atom. The quantitative estimate of drug-likeness (QED) is 0.704. The summed E-state index contributed by atoms with van der Waals surface area (Å²) in [5.41, 5.74) is 9.12. The van der Waals surface area contributed by atoms with Gasteiger partial charge in [0.2, 0.25) is 0 Å². The first kappa shape index (κ1) is 17.7. The number of amides is 2. The van der Waals surface area contributed by atoms with Crippen LogP contribution in [0.4, 0.5) is 0 Å². The van der Waals surface area contributed by atoms with Gasteiger partial charge in [-0.25, -0.2) is 4.98 Å². The Kier molecular flexibility index (Phi) is 4.46. The Morgan fingerprint density at radius 2 is 2.19 bits per heavy atom. The van der Waals surface area contributed by atoms with Gasteiger partial charge in [0.05, 0.1) is 5.69 Å². The largest absolute Gasteiger partial charge is 0.372 e. The Balaban J connectivity index is 1.72. The molecule has 2 bridgehead atoms. The van der Waals surface area contributed by atoms with Gasteiger partial charge in [0.25, 0.3) is 11.8 Å². The van der Waals surface area contributed by atoms with Crippen LogP contribution in [0.1, 0.15) is 57.4 Å². The number of benzene rings is 1. The van der Waals surface area contributed by atoms with Crippen LogP contribution in [-0.2, 0) is 4.79 Å². The average molecular weight is 381 g/mol. The van der Waals surface area contributed by atoms with E-state index in [2.05, 4.69) is 22.1 Å². The molecule has 1 fully saturated rings. The number of aliphatic hydroxyl groups excluding tert-OH is 1. The van der Waals surface area contributed by atoms with Crippen LogP contribution in [0, 0.1) is 11.8 Å². The van der Waals surface area contributed by atoms with E-state index in [-0.39, 0.29) is 0 Å². The van der Waals surface area contributed by atoms with E-state index in [1.54, 1.807) is 6.92 Å². The van der Waals surface area contributed by atoms with Crippen molar-refractivity contribution < 1.29 is 14.7 Å². The maximum absolute atomic E-state index is 11.6. The van der Waals surface area contributed by atoms with Crippen LogP contribution in [0.15, 0.2) is 18.2 Å². The minimum atomic E-state index is -1.37. The van der Waals surface area contributed by atoms with Gasteiger partial charge in [-0.2, -0.15) is 0 Å². The molecule has 3 aliphatic rings. The van der Waals surface area contributed by atoms with Gasteiger partial charge in [0.1, 0.15) is 0 Å². The normalized spacial score (nSPS) is 20.1. The van der Waals surface area contributed by atoms with E-state index in [0.29, 0.717) is 29.0 Å². The van der Waals surface area contributed by atoms with Crippen LogP contribution >= 0.6 is 11.3 Å². The summed E-state index contributed by atoms with van der Waals surface area (Å²) in [4.78, 5) is 28.8. The maximum atomic E-state index is 11.6. The van der Waals surface area contributed by atoms with Crippen molar-refractivity contribution in [3.8, 4) is 23.1 Å². The number of rotatable bonds is 3. The zero-order chi connectivity index (χ0) is 19.1. The van der Waals surface area contributed by atoms with Crippen LogP contribution in [0.3, 0.4) is 0 Å². The van der Waals surface area contributed by atoms with Crippen molar-refractivity contribution in [1.29, 1.82) is 0 Å². The number of aliphatic hydroxyl groups is 1. The van der Waals surface area contributed by atoms with Gasteiger partial charge < -0.3 is 16.2 Å². The molecule has 1 unspecified atom stereocenters. The fourth-order valence-corrected chi connectivity index (χ4v) is 4.73. The number of carbonyl (C=O) groups is 2. The first-order chi connectivity index (χ1) is 13.0. The molecule has 1 saturated carbocycles. The second-order valence-electron chi connectivity index (χ2n) is 6.83. The highest BCUT2D eigenvalue weighted by Gasteiger charge is 2.40. The van der Waals surface area contributed by atoms with E-state index in [1.807, 2.05) is 18.2 Å². The topological polar surface area (TPSA) is 105 Å². The molecule has 138 valence electrons. The lowest BCUT2D eigenvalue weighted by atomic mass is 9.72. The summed E-state index contributed by atoms with van der Waals surface area (Å²) in [5.74, 6) is 5.35. The van der Waals surface area contributed by atoms with Crippen molar-refractivity contribution in [3.05, 3.63) is 39.2 Å². The lowest BCUT2D eigenvalue weighted by Gasteiger charge is -2.33. The smallest absolute Gasteiger partial charge is 0.277 e. The van der Waals surface area contributed by atoms with Crippen LogP contribution in [0.5, 0.6) is 0 Å². The lowest BCUT2D eigenvalue weighted by molar-refractivity contribution is -0.126. The summed E-state index contributed by atoms with van der Waals surface area (Å²) in [5, 5.41) is 12.7. The molecule has 5 rings (SSSR count). The van der Waals surface area contributed by atoms with E-state index >= 15 is 0 Å². The molecule has 4 N–H and O–H groups in total. The number of carbonyl (C=O) groups excluding carboxylic acids is 2. The molecule has 2 aromatic rings. The first-order valence-electron chi connectivity index (χ1n) is 8.90. The van der Waals surface area contributed by atoms with E-state index in [1.165, 1.54) is 16.9 Å². The summed E-state index contributed by atoms with van der Waals surface area (Å²) in [7, 11) is 0. The highest BCUT2D eigenvalue weighted by molar-refractivity contribution is 7.14. The number of nitrogens with two attached hydrogens (primary N) is 1. The minimum Gasteiger partial charge on any atom is -0.372 e. The molecule has 0 radical (unpaired) electrons. The molecule has 6 nitrogen and oxygen atoms in total. The molecule has 0 saturated heterocycles. The third kappa shape index (κ3) is 3.11. The van der Waals surface area contributed by atoms with E-state index in [0.717, 1.165) is 29.0 Å². The van der Waals surface area contributed by atoms with E-state index in [4.69, 9.17) is 5.73 Å². The van der Waals surface area contributed by atoms with Crippen LogP contribution < -0.4 is 11.1 Å². The molecule has 0 aliphatic heterocycles. The lowest BCUT2D eigenvalue weighted by Crippen LogP contribution is -2.33.